The molecule has 0 aromatic heterocycles. The van der Waals surface area contributed by atoms with Crippen molar-refractivity contribution >= 4 is 31.9 Å². The SMILES string of the molecule is CC(C)(CBr)COc1c(F)cc(F)cc1Br. The van der Waals surface area contributed by atoms with Gasteiger partial charge in [0.15, 0.2) is 11.6 Å². The lowest BCUT2D eigenvalue weighted by Gasteiger charge is -2.22. The van der Waals surface area contributed by atoms with Crippen molar-refractivity contribution in [3.63, 3.8) is 0 Å². The maximum Gasteiger partial charge on any atom is 0.169 e. The number of benzene rings is 1. The minimum absolute atomic E-state index is 0.0513. The highest BCUT2D eigenvalue weighted by molar-refractivity contribution is 9.10. The monoisotopic (exact) mass is 356 g/mol. The lowest BCUT2D eigenvalue weighted by Crippen LogP contribution is -2.23. The molecule has 5 heteroatoms. The summed E-state index contributed by atoms with van der Waals surface area (Å²) in [5, 5.41) is 0.737. The van der Waals surface area contributed by atoms with Gasteiger partial charge in [-0.15, -0.1) is 0 Å². The smallest absolute Gasteiger partial charge is 0.169 e. The van der Waals surface area contributed by atoms with Gasteiger partial charge in [0.05, 0.1) is 11.1 Å². The molecule has 1 rings (SSSR count). The van der Waals surface area contributed by atoms with E-state index in [0.717, 1.165) is 11.4 Å². The molecule has 0 heterocycles. The fraction of sp³-hybridized carbons (Fsp3) is 0.455. The summed E-state index contributed by atoms with van der Waals surface area (Å²) in [7, 11) is 0. The van der Waals surface area contributed by atoms with Gasteiger partial charge in [0.25, 0.3) is 0 Å². The van der Waals surface area contributed by atoms with Gasteiger partial charge in [0, 0.05) is 16.8 Å². The summed E-state index contributed by atoms with van der Waals surface area (Å²) in [6, 6.07) is 1.99. The van der Waals surface area contributed by atoms with Crippen LogP contribution >= 0.6 is 31.9 Å². The van der Waals surface area contributed by atoms with E-state index >= 15 is 0 Å². The molecule has 0 atom stereocenters. The predicted octanol–water partition coefficient (Wildman–Crippen LogP) is 4.53. The first kappa shape index (κ1) is 13.9. The van der Waals surface area contributed by atoms with Crippen LogP contribution in [0.2, 0.25) is 0 Å². The Morgan fingerprint density at radius 3 is 2.44 bits per heavy atom. The van der Waals surface area contributed by atoms with Crippen molar-refractivity contribution < 1.29 is 13.5 Å². The second-order valence-corrected chi connectivity index (χ2v) is 5.70. The molecule has 0 N–H and O–H groups in total. The summed E-state index contributed by atoms with van der Waals surface area (Å²) in [5.74, 6) is -1.27. The van der Waals surface area contributed by atoms with Crippen LogP contribution in [-0.4, -0.2) is 11.9 Å². The number of hydrogen-bond donors (Lipinski definition) is 0. The Labute approximate surface area is 110 Å². The average molecular weight is 358 g/mol. The maximum atomic E-state index is 13.4. The van der Waals surface area contributed by atoms with Crippen LogP contribution in [0.4, 0.5) is 8.78 Å². The molecule has 0 spiro atoms. The van der Waals surface area contributed by atoms with E-state index in [1.165, 1.54) is 6.07 Å². The number of alkyl halides is 1. The number of halogens is 4. The quantitative estimate of drug-likeness (QED) is 0.719. The standard InChI is InChI=1S/C11H12Br2F2O/c1-11(2,5-12)6-16-10-8(13)3-7(14)4-9(10)15/h3-4H,5-6H2,1-2H3. The van der Waals surface area contributed by atoms with Crippen LogP contribution in [0.5, 0.6) is 5.75 Å². The van der Waals surface area contributed by atoms with Gasteiger partial charge in [-0.3, -0.25) is 0 Å². The Morgan fingerprint density at radius 1 is 1.31 bits per heavy atom. The van der Waals surface area contributed by atoms with Crippen molar-refractivity contribution in [2.45, 2.75) is 13.8 Å². The van der Waals surface area contributed by atoms with E-state index in [1.807, 2.05) is 13.8 Å². The molecular weight excluding hydrogens is 346 g/mol. The second-order valence-electron chi connectivity index (χ2n) is 4.29. The molecule has 0 fully saturated rings. The van der Waals surface area contributed by atoms with Gasteiger partial charge in [0.2, 0.25) is 0 Å². The molecule has 0 aliphatic rings. The third kappa shape index (κ3) is 3.70. The van der Waals surface area contributed by atoms with Crippen LogP contribution in [-0.2, 0) is 0 Å². The summed E-state index contributed by atoms with van der Waals surface area (Å²) in [6.45, 7) is 4.31. The van der Waals surface area contributed by atoms with E-state index in [4.69, 9.17) is 4.74 Å². The maximum absolute atomic E-state index is 13.4. The van der Waals surface area contributed by atoms with Crippen LogP contribution in [0.25, 0.3) is 0 Å². The van der Waals surface area contributed by atoms with Gasteiger partial charge < -0.3 is 4.74 Å². The van der Waals surface area contributed by atoms with Crippen LogP contribution in [0.3, 0.4) is 0 Å². The molecule has 16 heavy (non-hydrogen) atoms. The molecule has 0 aliphatic carbocycles. The van der Waals surface area contributed by atoms with Gasteiger partial charge >= 0.3 is 0 Å². The van der Waals surface area contributed by atoms with E-state index in [2.05, 4.69) is 31.9 Å². The Morgan fingerprint density at radius 2 is 1.94 bits per heavy atom. The first-order valence-corrected chi connectivity index (χ1v) is 6.60. The van der Waals surface area contributed by atoms with Gasteiger partial charge in [-0.1, -0.05) is 29.8 Å². The first-order chi connectivity index (χ1) is 7.35. The van der Waals surface area contributed by atoms with Crippen molar-refractivity contribution in [2.24, 2.45) is 5.41 Å². The van der Waals surface area contributed by atoms with E-state index in [0.29, 0.717) is 6.61 Å². The lowest BCUT2D eigenvalue weighted by atomic mass is 9.98. The Balaban J connectivity index is 2.82. The summed E-state index contributed by atoms with van der Waals surface area (Å²) in [4.78, 5) is 0. The Kier molecular flexibility index (Phi) is 4.73. The van der Waals surface area contributed by atoms with Crippen molar-refractivity contribution in [2.75, 3.05) is 11.9 Å². The number of rotatable bonds is 4. The third-order valence-electron chi connectivity index (χ3n) is 1.93. The van der Waals surface area contributed by atoms with Gasteiger partial charge in [-0.05, 0) is 22.0 Å². The predicted molar refractivity (Wildman–Crippen MR) is 67.1 cm³/mol. The highest BCUT2D eigenvalue weighted by Gasteiger charge is 2.19. The van der Waals surface area contributed by atoms with Crippen molar-refractivity contribution in [3.8, 4) is 5.75 Å². The van der Waals surface area contributed by atoms with Crippen LogP contribution < -0.4 is 4.74 Å². The van der Waals surface area contributed by atoms with E-state index in [9.17, 15) is 8.78 Å². The zero-order valence-corrected chi connectivity index (χ0v) is 12.2. The summed E-state index contributed by atoms with van der Waals surface area (Å²) >= 11 is 6.42. The highest BCUT2D eigenvalue weighted by Crippen LogP contribution is 2.31. The molecule has 0 saturated heterocycles. The number of ether oxygens (including phenoxy) is 1. The molecule has 90 valence electrons. The topological polar surface area (TPSA) is 9.23 Å². The Bertz CT molecular complexity index is 357. The molecule has 0 amide bonds. The minimum atomic E-state index is -0.697. The zero-order valence-electron chi connectivity index (χ0n) is 8.99. The fourth-order valence-corrected chi connectivity index (χ4v) is 1.66. The highest BCUT2D eigenvalue weighted by atomic mass is 79.9. The van der Waals surface area contributed by atoms with Gasteiger partial charge in [0.1, 0.15) is 5.82 Å². The van der Waals surface area contributed by atoms with Gasteiger partial charge in [-0.25, -0.2) is 8.78 Å². The second kappa shape index (κ2) is 5.45. The first-order valence-electron chi connectivity index (χ1n) is 4.69. The van der Waals surface area contributed by atoms with Crippen molar-refractivity contribution in [1.82, 2.24) is 0 Å². The summed E-state index contributed by atoms with van der Waals surface area (Å²) in [5.41, 5.74) is -0.111. The normalized spacial score (nSPS) is 11.6. The fourth-order valence-electron chi connectivity index (χ4n) is 0.973. The van der Waals surface area contributed by atoms with Crippen molar-refractivity contribution in [1.29, 1.82) is 0 Å². The average Bonchev–Trinajstić information content (AvgIpc) is 2.16. The van der Waals surface area contributed by atoms with E-state index in [1.54, 1.807) is 0 Å². The molecule has 1 nitrogen and oxygen atoms in total. The van der Waals surface area contributed by atoms with Crippen molar-refractivity contribution in [3.05, 3.63) is 28.2 Å². The molecule has 0 unspecified atom stereocenters. The summed E-state index contributed by atoms with van der Waals surface area (Å²) in [6.07, 6.45) is 0. The van der Waals surface area contributed by atoms with Crippen LogP contribution in [0.15, 0.2) is 16.6 Å². The molecule has 1 aromatic rings. The molecular formula is C11H12Br2F2O. The Hall–Kier alpha value is -0.160. The molecule has 0 saturated carbocycles. The van der Waals surface area contributed by atoms with Gasteiger partial charge in [-0.2, -0.15) is 0 Å². The largest absolute Gasteiger partial charge is 0.489 e. The molecule has 0 bridgehead atoms. The third-order valence-corrected chi connectivity index (χ3v) is 4.04. The summed E-state index contributed by atoms with van der Waals surface area (Å²) < 4.78 is 31.8. The molecule has 0 aliphatic heterocycles. The van der Waals surface area contributed by atoms with E-state index in [-0.39, 0.29) is 15.6 Å². The minimum Gasteiger partial charge on any atom is -0.489 e. The molecule has 0 radical (unpaired) electrons. The molecule has 1 aromatic carbocycles. The zero-order chi connectivity index (χ0) is 12.3. The van der Waals surface area contributed by atoms with Crippen LogP contribution in [0.1, 0.15) is 13.8 Å². The van der Waals surface area contributed by atoms with E-state index < -0.39 is 11.6 Å². The number of hydrogen-bond acceptors (Lipinski definition) is 1. The van der Waals surface area contributed by atoms with Crippen LogP contribution in [0, 0.1) is 17.0 Å². The lowest BCUT2D eigenvalue weighted by molar-refractivity contribution is 0.194.